The molecule has 1 aromatic heterocycles. The summed E-state index contributed by atoms with van der Waals surface area (Å²) in [4.78, 5) is 12.2. The molecule has 0 radical (unpaired) electrons. The summed E-state index contributed by atoms with van der Waals surface area (Å²) < 4.78 is 15.6. The number of hydrogen-bond acceptors (Lipinski definition) is 5. The molecule has 106 valence electrons. The Labute approximate surface area is 115 Å². The van der Waals surface area contributed by atoms with Crippen LogP contribution in [0.4, 0.5) is 5.69 Å². The first-order chi connectivity index (χ1) is 9.69. The summed E-state index contributed by atoms with van der Waals surface area (Å²) in [5.74, 6) is 1.00. The highest BCUT2D eigenvalue weighted by molar-refractivity contribution is 6.06. The van der Waals surface area contributed by atoms with Crippen molar-refractivity contribution in [3.63, 3.8) is 0 Å². The van der Waals surface area contributed by atoms with Crippen molar-refractivity contribution in [3.05, 3.63) is 30.1 Å². The number of H-pyrrole nitrogens is 1. The maximum absolute atomic E-state index is 12.2. The van der Waals surface area contributed by atoms with Crippen LogP contribution in [-0.4, -0.2) is 37.4 Å². The zero-order valence-corrected chi connectivity index (χ0v) is 11.4. The summed E-state index contributed by atoms with van der Waals surface area (Å²) in [7, 11) is 4.50. The second kappa shape index (κ2) is 5.96. The fourth-order valence-electron chi connectivity index (χ4n) is 1.72. The topological polar surface area (TPSA) is 85.5 Å². The van der Waals surface area contributed by atoms with Crippen LogP contribution in [0.3, 0.4) is 0 Å². The highest BCUT2D eigenvalue weighted by Gasteiger charge is 2.18. The van der Waals surface area contributed by atoms with Crippen LogP contribution < -0.4 is 19.5 Å². The van der Waals surface area contributed by atoms with Gasteiger partial charge in [-0.3, -0.25) is 9.89 Å². The maximum Gasteiger partial charge on any atom is 0.259 e. The van der Waals surface area contributed by atoms with Crippen molar-refractivity contribution in [3.8, 4) is 17.2 Å². The molecule has 0 atom stereocenters. The van der Waals surface area contributed by atoms with E-state index < -0.39 is 0 Å². The molecule has 7 heteroatoms. The van der Waals surface area contributed by atoms with Crippen LogP contribution >= 0.6 is 0 Å². The van der Waals surface area contributed by atoms with Gasteiger partial charge in [-0.05, 0) is 0 Å². The highest BCUT2D eigenvalue weighted by Crippen LogP contribution is 2.34. The number of anilines is 1. The Balaban J connectivity index is 2.36. The lowest BCUT2D eigenvalue weighted by Crippen LogP contribution is -2.13. The van der Waals surface area contributed by atoms with E-state index in [1.165, 1.54) is 27.5 Å². The number of methoxy groups -OCH3 is 3. The molecule has 20 heavy (non-hydrogen) atoms. The number of amides is 1. The average Bonchev–Trinajstić information content (AvgIpc) is 2.98. The maximum atomic E-state index is 12.2. The van der Waals surface area contributed by atoms with Crippen molar-refractivity contribution in [1.29, 1.82) is 0 Å². The van der Waals surface area contributed by atoms with Gasteiger partial charge in [0, 0.05) is 18.3 Å². The SMILES string of the molecule is COc1cc(OC)c(C(=O)Nc2cn[nH]c2)cc1OC. The number of carbonyl (C=O) groups excluding carboxylic acids is 1. The number of nitrogens with zero attached hydrogens (tertiary/aromatic N) is 1. The molecule has 1 heterocycles. The predicted molar refractivity (Wildman–Crippen MR) is 72.6 cm³/mol. The van der Waals surface area contributed by atoms with Gasteiger partial charge in [-0.2, -0.15) is 5.10 Å². The standard InChI is InChI=1S/C13H15N3O4/c1-18-10-5-12(20-3)11(19-2)4-9(10)13(17)16-8-6-14-15-7-8/h4-7H,1-3H3,(H,14,15)(H,16,17). The van der Waals surface area contributed by atoms with Crippen LogP contribution in [0.25, 0.3) is 0 Å². The lowest BCUT2D eigenvalue weighted by Gasteiger charge is -2.13. The van der Waals surface area contributed by atoms with E-state index in [0.29, 0.717) is 28.5 Å². The quantitative estimate of drug-likeness (QED) is 0.868. The van der Waals surface area contributed by atoms with Gasteiger partial charge in [0.25, 0.3) is 5.91 Å². The van der Waals surface area contributed by atoms with Crippen molar-refractivity contribution in [2.24, 2.45) is 0 Å². The van der Waals surface area contributed by atoms with Crippen LogP contribution in [0, 0.1) is 0 Å². The Bertz CT molecular complexity index is 596. The summed E-state index contributed by atoms with van der Waals surface area (Å²) in [6.07, 6.45) is 3.08. The molecule has 2 aromatic rings. The number of rotatable bonds is 5. The normalized spacial score (nSPS) is 9.95. The number of carbonyl (C=O) groups is 1. The molecule has 1 aromatic carbocycles. The molecule has 0 saturated carbocycles. The zero-order chi connectivity index (χ0) is 14.5. The molecule has 0 aliphatic heterocycles. The Hall–Kier alpha value is -2.70. The van der Waals surface area contributed by atoms with Crippen LogP contribution in [0.5, 0.6) is 17.2 Å². The molecule has 0 spiro atoms. The van der Waals surface area contributed by atoms with Gasteiger partial charge in [0.1, 0.15) is 5.75 Å². The first-order valence-corrected chi connectivity index (χ1v) is 5.79. The van der Waals surface area contributed by atoms with Crippen LogP contribution in [0.2, 0.25) is 0 Å². The molecule has 0 aliphatic rings. The van der Waals surface area contributed by atoms with E-state index in [4.69, 9.17) is 14.2 Å². The number of hydrogen-bond donors (Lipinski definition) is 2. The van der Waals surface area contributed by atoms with E-state index in [-0.39, 0.29) is 5.91 Å². The Kier molecular flexibility index (Phi) is 4.09. The third-order valence-electron chi connectivity index (χ3n) is 2.71. The van der Waals surface area contributed by atoms with Crippen molar-refractivity contribution < 1.29 is 19.0 Å². The zero-order valence-electron chi connectivity index (χ0n) is 11.4. The van der Waals surface area contributed by atoms with E-state index >= 15 is 0 Å². The molecular weight excluding hydrogens is 262 g/mol. The fourth-order valence-corrected chi connectivity index (χ4v) is 1.72. The van der Waals surface area contributed by atoms with Crippen LogP contribution in [0.1, 0.15) is 10.4 Å². The number of aromatic nitrogens is 2. The first-order valence-electron chi connectivity index (χ1n) is 5.79. The van der Waals surface area contributed by atoms with Gasteiger partial charge in [0.05, 0.1) is 38.8 Å². The molecular formula is C13H15N3O4. The van der Waals surface area contributed by atoms with E-state index in [9.17, 15) is 4.79 Å². The molecule has 1 amide bonds. The number of aromatic amines is 1. The molecule has 0 saturated heterocycles. The molecule has 7 nitrogen and oxygen atoms in total. The minimum Gasteiger partial charge on any atom is -0.496 e. The van der Waals surface area contributed by atoms with Crippen molar-refractivity contribution in [2.45, 2.75) is 0 Å². The second-order valence-corrected chi connectivity index (χ2v) is 3.85. The average molecular weight is 277 g/mol. The molecule has 0 aliphatic carbocycles. The van der Waals surface area contributed by atoms with E-state index in [1.54, 1.807) is 18.3 Å². The van der Waals surface area contributed by atoms with Crippen LogP contribution in [0.15, 0.2) is 24.5 Å². The lowest BCUT2D eigenvalue weighted by molar-refractivity contribution is 0.102. The monoisotopic (exact) mass is 277 g/mol. The minimum atomic E-state index is -0.329. The van der Waals surface area contributed by atoms with E-state index in [0.717, 1.165) is 0 Å². The molecule has 0 fully saturated rings. The van der Waals surface area contributed by atoms with Crippen molar-refractivity contribution in [1.82, 2.24) is 10.2 Å². The van der Waals surface area contributed by atoms with Crippen molar-refractivity contribution >= 4 is 11.6 Å². The summed E-state index contributed by atoms with van der Waals surface area (Å²) in [5.41, 5.74) is 0.901. The highest BCUT2D eigenvalue weighted by atomic mass is 16.5. The molecule has 2 rings (SSSR count). The van der Waals surface area contributed by atoms with Crippen molar-refractivity contribution in [2.75, 3.05) is 26.6 Å². The second-order valence-electron chi connectivity index (χ2n) is 3.85. The molecule has 0 bridgehead atoms. The Morgan fingerprint density at radius 3 is 2.30 bits per heavy atom. The summed E-state index contributed by atoms with van der Waals surface area (Å²) in [6, 6.07) is 3.16. The predicted octanol–water partition coefficient (Wildman–Crippen LogP) is 1.69. The van der Waals surface area contributed by atoms with Gasteiger partial charge >= 0.3 is 0 Å². The van der Waals surface area contributed by atoms with E-state index in [1.807, 2.05) is 0 Å². The number of ether oxygens (including phenoxy) is 3. The van der Waals surface area contributed by atoms with Gasteiger partial charge in [0.2, 0.25) is 0 Å². The Morgan fingerprint density at radius 1 is 1.10 bits per heavy atom. The first kappa shape index (κ1) is 13.7. The lowest BCUT2D eigenvalue weighted by atomic mass is 10.1. The largest absolute Gasteiger partial charge is 0.496 e. The third-order valence-corrected chi connectivity index (χ3v) is 2.71. The molecule has 0 unspecified atom stereocenters. The smallest absolute Gasteiger partial charge is 0.259 e. The third kappa shape index (κ3) is 2.66. The van der Waals surface area contributed by atoms with Crippen LogP contribution in [-0.2, 0) is 0 Å². The van der Waals surface area contributed by atoms with Gasteiger partial charge in [-0.25, -0.2) is 0 Å². The summed E-state index contributed by atoms with van der Waals surface area (Å²) in [5, 5.41) is 9.06. The number of benzene rings is 1. The van der Waals surface area contributed by atoms with E-state index in [2.05, 4.69) is 15.5 Å². The summed E-state index contributed by atoms with van der Waals surface area (Å²) in [6.45, 7) is 0. The van der Waals surface area contributed by atoms with Gasteiger partial charge in [-0.15, -0.1) is 0 Å². The summed E-state index contributed by atoms with van der Waals surface area (Å²) >= 11 is 0. The number of nitrogens with one attached hydrogen (secondary N) is 2. The minimum absolute atomic E-state index is 0.329. The van der Waals surface area contributed by atoms with Gasteiger partial charge in [-0.1, -0.05) is 0 Å². The fraction of sp³-hybridized carbons (Fsp3) is 0.231. The Morgan fingerprint density at radius 2 is 1.75 bits per heavy atom. The van der Waals surface area contributed by atoms with Gasteiger partial charge < -0.3 is 19.5 Å². The van der Waals surface area contributed by atoms with Gasteiger partial charge in [0.15, 0.2) is 11.5 Å². The molecule has 2 N–H and O–H groups in total.